The predicted octanol–water partition coefficient (Wildman–Crippen LogP) is 0.611. The van der Waals surface area contributed by atoms with Crippen molar-refractivity contribution in [3.05, 3.63) is 35.6 Å². The Morgan fingerprint density at radius 2 is 1.78 bits per heavy atom. The van der Waals surface area contributed by atoms with Gasteiger partial charge in [-0.3, -0.25) is 0 Å². The molecule has 0 aromatic heterocycles. The number of rotatable bonds is 2. The Morgan fingerprint density at radius 3 is 2.28 bits per heavy atom. The molecular formula is C11H9FO6. The summed E-state index contributed by atoms with van der Waals surface area (Å²) in [5.74, 6) is -5.68. The zero-order valence-electron chi connectivity index (χ0n) is 9.09. The van der Waals surface area contributed by atoms with Gasteiger partial charge in [0, 0.05) is 0 Å². The molecule has 1 heterocycles. The molecule has 0 saturated carbocycles. The number of carbonyl (C=O) groups excluding carboxylic acids is 1. The minimum absolute atomic E-state index is 0.129. The van der Waals surface area contributed by atoms with E-state index in [-0.39, 0.29) is 18.8 Å². The minimum Gasteiger partial charge on any atom is -0.473 e. The van der Waals surface area contributed by atoms with Gasteiger partial charge in [-0.2, -0.15) is 0 Å². The van der Waals surface area contributed by atoms with Crippen LogP contribution in [0.5, 0.6) is 0 Å². The Bertz CT molecular complexity index is 463. The van der Waals surface area contributed by atoms with Crippen molar-refractivity contribution in [3.63, 3.8) is 0 Å². The van der Waals surface area contributed by atoms with E-state index in [0.29, 0.717) is 0 Å². The van der Waals surface area contributed by atoms with Crippen LogP contribution in [0, 0.1) is 5.82 Å². The van der Waals surface area contributed by atoms with Gasteiger partial charge in [-0.25, -0.2) is 14.0 Å². The smallest absolute Gasteiger partial charge is 0.421 e. The third kappa shape index (κ3) is 2.31. The zero-order chi connectivity index (χ0) is 13.2. The van der Waals surface area contributed by atoms with Crippen molar-refractivity contribution in [2.45, 2.75) is 5.97 Å². The van der Waals surface area contributed by atoms with Gasteiger partial charge in [0.05, 0.1) is 18.8 Å². The fourth-order valence-corrected chi connectivity index (χ4v) is 1.50. The Labute approximate surface area is 101 Å². The van der Waals surface area contributed by atoms with E-state index >= 15 is 0 Å². The second-order valence-corrected chi connectivity index (χ2v) is 3.45. The quantitative estimate of drug-likeness (QED) is 0.616. The molecule has 0 aliphatic carbocycles. The first-order valence-electron chi connectivity index (χ1n) is 5.04. The number of halogens is 1. The fourth-order valence-electron chi connectivity index (χ4n) is 1.50. The van der Waals surface area contributed by atoms with Crippen LogP contribution in [-0.4, -0.2) is 30.3 Å². The van der Waals surface area contributed by atoms with Crippen molar-refractivity contribution in [1.29, 1.82) is 0 Å². The normalized spacial score (nSPS) is 17.4. The molecule has 0 atom stereocenters. The van der Waals surface area contributed by atoms with Gasteiger partial charge in [0.25, 0.3) is 0 Å². The number of ether oxygens (including phenoxy) is 3. The van der Waals surface area contributed by atoms with Crippen LogP contribution in [0.1, 0.15) is 5.56 Å². The standard InChI is InChI=1S/C11H9FO6/c12-8-3-1-7(2-4-8)11(16-5-6-17-11)18-10(15)9(13)14/h1-4H,5-6H2,(H,13,14). The van der Waals surface area contributed by atoms with Crippen molar-refractivity contribution in [1.82, 2.24) is 0 Å². The van der Waals surface area contributed by atoms with E-state index in [1.165, 1.54) is 12.1 Å². The summed E-state index contributed by atoms with van der Waals surface area (Å²) >= 11 is 0. The number of carboxylic acid groups (broad SMARTS) is 1. The molecule has 1 aliphatic rings. The van der Waals surface area contributed by atoms with Crippen LogP contribution < -0.4 is 0 Å². The van der Waals surface area contributed by atoms with Crippen LogP contribution in [-0.2, 0) is 29.8 Å². The molecule has 0 bridgehead atoms. The molecule has 2 rings (SSSR count). The molecule has 96 valence electrons. The van der Waals surface area contributed by atoms with E-state index in [1.54, 1.807) is 0 Å². The summed E-state index contributed by atoms with van der Waals surface area (Å²) in [5, 5.41) is 8.50. The number of hydrogen-bond acceptors (Lipinski definition) is 5. The minimum atomic E-state index is -1.91. The molecule has 1 aliphatic heterocycles. The molecule has 0 unspecified atom stereocenters. The Hall–Kier alpha value is -1.99. The lowest BCUT2D eigenvalue weighted by atomic mass is 10.2. The van der Waals surface area contributed by atoms with Crippen molar-refractivity contribution in [2.24, 2.45) is 0 Å². The highest BCUT2D eigenvalue weighted by Gasteiger charge is 2.44. The van der Waals surface area contributed by atoms with Gasteiger partial charge in [-0.1, -0.05) is 0 Å². The summed E-state index contributed by atoms with van der Waals surface area (Å²) in [4.78, 5) is 21.6. The Morgan fingerprint density at radius 1 is 1.22 bits per heavy atom. The predicted molar refractivity (Wildman–Crippen MR) is 53.7 cm³/mol. The van der Waals surface area contributed by atoms with Crippen LogP contribution in [0.25, 0.3) is 0 Å². The van der Waals surface area contributed by atoms with Gasteiger partial charge in [0.2, 0.25) is 0 Å². The van der Waals surface area contributed by atoms with E-state index < -0.39 is 23.7 Å². The van der Waals surface area contributed by atoms with Crippen molar-refractivity contribution in [2.75, 3.05) is 13.2 Å². The summed E-state index contributed by atoms with van der Waals surface area (Å²) in [6, 6.07) is 4.82. The van der Waals surface area contributed by atoms with Crippen LogP contribution in [0.2, 0.25) is 0 Å². The average molecular weight is 256 g/mol. The number of aliphatic carboxylic acids is 1. The van der Waals surface area contributed by atoms with Crippen molar-refractivity contribution in [3.8, 4) is 0 Å². The van der Waals surface area contributed by atoms with E-state index in [2.05, 4.69) is 4.74 Å². The Kier molecular flexibility index (Phi) is 3.26. The highest BCUT2D eigenvalue weighted by atomic mass is 19.1. The SMILES string of the molecule is O=C(O)C(=O)OC1(c2ccc(F)cc2)OCCO1. The topological polar surface area (TPSA) is 82.1 Å². The van der Waals surface area contributed by atoms with Crippen molar-refractivity contribution >= 4 is 11.9 Å². The van der Waals surface area contributed by atoms with Gasteiger partial charge in [-0.05, 0) is 24.3 Å². The first-order valence-corrected chi connectivity index (χ1v) is 5.04. The summed E-state index contributed by atoms with van der Waals surface area (Å²) < 4.78 is 27.8. The molecule has 0 radical (unpaired) electrons. The van der Waals surface area contributed by atoms with Crippen LogP contribution in [0.4, 0.5) is 4.39 Å². The average Bonchev–Trinajstić information content (AvgIpc) is 2.79. The summed E-state index contributed by atoms with van der Waals surface area (Å²) in [7, 11) is 0. The molecule has 1 N–H and O–H groups in total. The number of carboxylic acids is 1. The van der Waals surface area contributed by atoms with E-state index in [4.69, 9.17) is 14.6 Å². The number of carbonyl (C=O) groups is 2. The third-order valence-electron chi connectivity index (χ3n) is 2.27. The molecule has 0 amide bonds. The maximum atomic E-state index is 12.8. The third-order valence-corrected chi connectivity index (χ3v) is 2.27. The number of esters is 1. The number of benzene rings is 1. The highest BCUT2D eigenvalue weighted by Crippen LogP contribution is 2.33. The molecule has 0 spiro atoms. The molecule has 7 heteroatoms. The lowest BCUT2D eigenvalue weighted by Crippen LogP contribution is -2.36. The zero-order valence-corrected chi connectivity index (χ0v) is 9.09. The van der Waals surface area contributed by atoms with E-state index in [9.17, 15) is 14.0 Å². The van der Waals surface area contributed by atoms with Crippen LogP contribution >= 0.6 is 0 Å². The summed E-state index contributed by atoms with van der Waals surface area (Å²) in [6.07, 6.45) is 0. The second-order valence-electron chi connectivity index (χ2n) is 3.45. The van der Waals surface area contributed by atoms with Gasteiger partial charge in [0.15, 0.2) is 0 Å². The van der Waals surface area contributed by atoms with Crippen molar-refractivity contribution < 1.29 is 33.3 Å². The van der Waals surface area contributed by atoms with Crippen LogP contribution in [0.15, 0.2) is 24.3 Å². The molecular weight excluding hydrogens is 247 g/mol. The maximum Gasteiger partial charge on any atom is 0.421 e. The van der Waals surface area contributed by atoms with E-state index in [1.807, 2.05) is 0 Å². The molecule has 1 saturated heterocycles. The second kappa shape index (κ2) is 4.71. The van der Waals surface area contributed by atoms with Gasteiger partial charge >= 0.3 is 17.9 Å². The van der Waals surface area contributed by atoms with Gasteiger partial charge in [-0.15, -0.1) is 0 Å². The highest BCUT2D eigenvalue weighted by molar-refractivity contribution is 6.28. The lowest BCUT2D eigenvalue weighted by molar-refractivity contribution is -0.323. The fraction of sp³-hybridized carbons (Fsp3) is 0.273. The maximum absolute atomic E-state index is 12.8. The molecule has 18 heavy (non-hydrogen) atoms. The molecule has 1 aromatic rings. The van der Waals surface area contributed by atoms with Crippen LogP contribution in [0.3, 0.4) is 0 Å². The van der Waals surface area contributed by atoms with Gasteiger partial charge < -0.3 is 19.3 Å². The molecule has 1 aromatic carbocycles. The summed E-state index contributed by atoms with van der Waals surface area (Å²) in [5.41, 5.74) is 0.205. The number of hydrogen-bond donors (Lipinski definition) is 1. The van der Waals surface area contributed by atoms with Gasteiger partial charge in [0.1, 0.15) is 5.82 Å². The monoisotopic (exact) mass is 256 g/mol. The first kappa shape index (κ1) is 12.5. The lowest BCUT2D eigenvalue weighted by Gasteiger charge is -2.25. The Balaban J connectivity index is 2.29. The van der Waals surface area contributed by atoms with E-state index in [0.717, 1.165) is 12.1 Å². The molecule has 1 fully saturated rings. The molecule has 6 nitrogen and oxygen atoms in total. The summed E-state index contributed by atoms with van der Waals surface area (Å²) in [6.45, 7) is 0.258. The largest absolute Gasteiger partial charge is 0.473 e. The first-order chi connectivity index (χ1) is 8.53.